The lowest BCUT2D eigenvalue weighted by atomic mass is 10.1. The number of rotatable bonds is 6. The highest BCUT2D eigenvalue weighted by Crippen LogP contribution is 2.30. The number of halogens is 1. The van der Waals surface area contributed by atoms with Crippen LogP contribution in [0.5, 0.6) is 5.75 Å². The second kappa shape index (κ2) is 8.23. The minimum atomic E-state index is -0.101. The van der Waals surface area contributed by atoms with Gasteiger partial charge in [-0.2, -0.15) is 0 Å². The highest BCUT2D eigenvalue weighted by molar-refractivity contribution is 6.30. The summed E-state index contributed by atoms with van der Waals surface area (Å²) in [4.78, 5) is 19.5. The number of aromatic nitrogens is 1. The molecular formula is C22H23ClN2O3. The highest BCUT2D eigenvalue weighted by atomic mass is 35.5. The molecule has 28 heavy (non-hydrogen) atoms. The fourth-order valence-electron chi connectivity index (χ4n) is 3.85. The molecule has 2 heterocycles. The van der Waals surface area contributed by atoms with Gasteiger partial charge in [0.25, 0.3) is 5.91 Å². The van der Waals surface area contributed by atoms with Crippen LogP contribution in [0.3, 0.4) is 0 Å². The van der Waals surface area contributed by atoms with Gasteiger partial charge in [0.1, 0.15) is 10.9 Å². The van der Waals surface area contributed by atoms with Crippen LogP contribution in [0.15, 0.2) is 47.1 Å². The number of pyridine rings is 1. The monoisotopic (exact) mass is 398 g/mol. The maximum Gasteiger partial charge on any atom is 0.290 e. The zero-order chi connectivity index (χ0) is 19.5. The van der Waals surface area contributed by atoms with Crippen molar-refractivity contribution in [1.29, 1.82) is 0 Å². The Morgan fingerprint density at radius 2 is 2.11 bits per heavy atom. The van der Waals surface area contributed by atoms with E-state index >= 15 is 0 Å². The van der Waals surface area contributed by atoms with Crippen LogP contribution >= 0.6 is 11.6 Å². The van der Waals surface area contributed by atoms with Gasteiger partial charge in [0, 0.05) is 23.5 Å². The number of hydrogen-bond acceptors (Lipinski definition) is 4. The first kappa shape index (κ1) is 18.8. The molecule has 0 atom stereocenters. The lowest BCUT2D eigenvalue weighted by Crippen LogP contribution is -2.38. The third kappa shape index (κ3) is 3.85. The van der Waals surface area contributed by atoms with Gasteiger partial charge >= 0.3 is 0 Å². The molecule has 5 nitrogen and oxygen atoms in total. The summed E-state index contributed by atoms with van der Waals surface area (Å²) >= 11 is 6.48. The first-order valence-electron chi connectivity index (χ1n) is 9.72. The van der Waals surface area contributed by atoms with Crippen molar-refractivity contribution in [3.8, 4) is 5.75 Å². The van der Waals surface area contributed by atoms with Gasteiger partial charge in [0.05, 0.1) is 18.4 Å². The number of ether oxygens (including phenoxy) is 1. The van der Waals surface area contributed by atoms with Crippen LogP contribution in [-0.4, -0.2) is 28.4 Å². The average Bonchev–Trinajstić information content (AvgIpc) is 3.40. The van der Waals surface area contributed by atoms with E-state index in [9.17, 15) is 4.79 Å². The summed E-state index contributed by atoms with van der Waals surface area (Å²) < 4.78 is 11.0. The first-order chi connectivity index (χ1) is 13.7. The van der Waals surface area contributed by atoms with E-state index in [1.165, 1.54) is 6.26 Å². The number of carbonyl (C=O) groups excluding carboxylic acids is 1. The Hall–Kier alpha value is -2.53. The summed E-state index contributed by atoms with van der Waals surface area (Å²) in [5.74, 6) is 1.05. The van der Waals surface area contributed by atoms with Gasteiger partial charge in [-0.15, -0.1) is 0 Å². The fourth-order valence-corrected chi connectivity index (χ4v) is 4.06. The van der Waals surface area contributed by atoms with E-state index in [-0.39, 0.29) is 11.9 Å². The molecule has 0 spiro atoms. The maximum absolute atomic E-state index is 13.1. The molecule has 1 fully saturated rings. The van der Waals surface area contributed by atoms with Gasteiger partial charge in [-0.1, -0.05) is 24.4 Å². The van der Waals surface area contributed by atoms with Crippen LogP contribution in [-0.2, 0) is 6.54 Å². The van der Waals surface area contributed by atoms with Crippen molar-refractivity contribution < 1.29 is 13.9 Å². The Morgan fingerprint density at radius 1 is 1.29 bits per heavy atom. The molecule has 1 saturated carbocycles. The molecular weight excluding hydrogens is 376 g/mol. The molecule has 0 saturated heterocycles. The van der Waals surface area contributed by atoms with Crippen molar-refractivity contribution >= 4 is 28.4 Å². The number of benzene rings is 1. The highest BCUT2D eigenvalue weighted by Gasteiger charge is 2.29. The maximum atomic E-state index is 13.1. The predicted octanol–water partition coefficient (Wildman–Crippen LogP) is 5.46. The topological polar surface area (TPSA) is 55.6 Å². The van der Waals surface area contributed by atoms with Crippen molar-refractivity contribution in [2.75, 3.05) is 6.61 Å². The van der Waals surface area contributed by atoms with Gasteiger partial charge in [-0.25, -0.2) is 4.98 Å². The number of furan rings is 1. The third-order valence-corrected chi connectivity index (χ3v) is 5.55. The smallest absolute Gasteiger partial charge is 0.290 e. The number of nitrogens with zero attached hydrogens (tertiary/aromatic N) is 2. The molecule has 6 heteroatoms. The van der Waals surface area contributed by atoms with E-state index in [0.29, 0.717) is 24.1 Å². The fraction of sp³-hybridized carbons (Fsp3) is 0.364. The molecule has 1 aliphatic rings. The van der Waals surface area contributed by atoms with Crippen LogP contribution < -0.4 is 4.74 Å². The molecule has 0 N–H and O–H groups in total. The summed E-state index contributed by atoms with van der Waals surface area (Å²) in [7, 11) is 0. The van der Waals surface area contributed by atoms with Crippen molar-refractivity contribution in [3.63, 3.8) is 0 Å². The van der Waals surface area contributed by atoms with Crippen LogP contribution in [0.2, 0.25) is 5.15 Å². The van der Waals surface area contributed by atoms with Gasteiger partial charge in [0.2, 0.25) is 0 Å². The van der Waals surface area contributed by atoms with Crippen molar-refractivity contribution in [2.24, 2.45) is 0 Å². The van der Waals surface area contributed by atoms with Gasteiger partial charge in [-0.3, -0.25) is 4.79 Å². The van der Waals surface area contributed by atoms with E-state index in [2.05, 4.69) is 4.98 Å². The number of amides is 1. The van der Waals surface area contributed by atoms with E-state index in [1.807, 2.05) is 36.1 Å². The summed E-state index contributed by atoms with van der Waals surface area (Å²) in [5.41, 5.74) is 1.64. The zero-order valence-electron chi connectivity index (χ0n) is 15.9. The van der Waals surface area contributed by atoms with Gasteiger partial charge in [-0.05, 0) is 56.2 Å². The van der Waals surface area contributed by atoms with Crippen LogP contribution in [0.1, 0.15) is 48.7 Å². The Labute approximate surface area is 169 Å². The first-order valence-corrected chi connectivity index (χ1v) is 10.1. The Morgan fingerprint density at radius 3 is 2.82 bits per heavy atom. The lowest BCUT2D eigenvalue weighted by Gasteiger charge is -2.28. The molecule has 0 bridgehead atoms. The minimum absolute atomic E-state index is 0.101. The standard InChI is InChI=1S/C22H23ClN2O3/c1-2-27-18-9-10-19-15(13-18)12-16(21(23)24-19)14-25(17-6-3-4-7-17)22(26)20-8-5-11-28-20/h5,8-13,17H,2-4,6-7,14H2,1H3. The second-order valence-electron chi connectivity index (χ2n) is 7.07. The normalized spacial score (nSPS) is 14.5. The van der Waals surface area contributed by atoms with Crippen molar-refractivity contribution in [1.82, 2.24) is 9.88 Å². The van der Waals surface area contributed by atoms with Crippen LogP contribution in [0.25, 0.3) is 10.9 Å². The molecule has 0 unspecified atom stereocenters. The van der Waals surface area contributed by atoms with E-state index in [4.69, 9.17) is 20.8 Å². The summed E-state index contributed by atoms with van der Waals surface area (Å²) in [6.45, 7) is 2.97. The SMILES string of the molecule is CCOc1ccc2nc(Cl)c(CN(C(=O)c3ccco3)C3CCCC3)cc2c1. The summed E-state index contributed by atoms with van der Waals surface area (Å²) in [5, 5.41) is 1.37. The number of carbonyl (C=O) groups is 1. The molecule has 2 aromatic heterocycles. The van der Waals surface area contributed by atoms with Gasteiger partial charge in [0.15, 0.2) is 5.76 Å². The van der Waals surface area contributed by atoms with Crippen LogP contribution in [0, 0.1) is 0 Å². The Balaban J connectivity index is 1.67. The van der Waals surface area contributed by atoms with E-state index in [1.54, 1.807) is 12.1 Å². The average molecular weight is 399 g/mol. The number of fused-ring (bicyclic) bond motifs is 1. The molecule has 3 aromatic rings. The summed E-state index contributed by atoms with van der Waals surface area (Å²) in [6, 6.07) is 11.4. The Bertz CT molecular complexity index is 965. The lowest BCUT2D eigenvalue weighted by molar-refractivity contribution is 0.0631. The molecule has 146 valence electrons. The molecule has 0 aliphatic heterocycles. The van der Waals surface area contributed by atoms with Gasteiger partial charge < -0.3 is 14.1 Å². The predicted molar refractivity (Wildman–Crippen MR) is 109 cm³/mol. The van der Waals surface area contributed by atoms with E-state index < -0.39 is 0 Å². The molecule has 0 radical (unpaired) electrons. The van der Waals surface area contributed by atoms with Crippen molar-refractivity contribution in [2.45, 2.75) is 45.2 Å². The molecule has 1 amide bonds. The Kier molecular flexibility index (Phi) is 5.53. The third-order valence-electron chi connectivity index (χ3n) is 5.22. The van der Waals surface area contributed by atoms with E-state index in [0.717, 1.165) is 47.9 Å². The number of hydrogen-bond donors (Lipinski definition) is 0. The minimum Gasteiger partial charge on any atom is -0.494 e. The summed E-state index contributed by atoms with van der Waals surface area (Å²) in [6.07, 6.45) is 5.79. The second-order valence-corrected chi connectivity index (χ2v) is 7.43. The van der Waals surface area contributed by atoms with Crippen LogP contribution in [0.4, 0.5) is 0 Å². The molecule has 1 aromatic carbocycles. The quantitative estimate of drug-likeness (QED) is 0.517. The largest absolute Gasteiger partial charge is 0.494 e. The molecule has 1 aliphatic carbocycles. The zero-order valence-corrected chi connectivity index (χ0v) is 16.6. The van der Waals surface area contributed by atoms with Crippen molar-refractivity contribution in [3.05, 3.63) is 59.1 Å². The molecule has 4 rings (SSSR count).